The van der Waals surface area contributed by atoms with E-state index in [2.05, 4.69) is 0 Å². The second-order valence-corrected chi connectivity index (χ2v) is 3.39. The maximum atomic E-state index is 10.5. The number of carbonyl (C=O) groups excluding carboxylic acids is 1. The lowest BCUT2D eigenvalue weighted by Gasteiger charge is -1.99. The van der Waals surface area contributed by atoms with Gasteiger partial charge in [-0.15, -0.1) is 0 Å². The molecule has 0 aliphatic rings. The summed E-state index contributed by atoms with van der Waals surface area (Å²) in [6.07, 6.45) is 2.08. The molecule has 1 rings (SSSR count). The molecular formula is C10H12ClNO. The fourth-order valence-electron chi connectivity index (χ4n) is 1.16. The predicted molar refractivity (Wildman–Crippen MR) is 53.6 cm³/mol. The van der Waals surface area contributed by atoms with E-state index in [0.717, 1.165) is 23.4 Å². The average molecular weight is 198 g/mol. The Morgan fingerprint density at radius 2 is 2.23 bits per heavy atom. The van der Waals surface area contributed by atoms with Gasteiger partial charge in [0, 0.05) is 11.4 Å². The van der Waals surface area contributed by atoms with Crippen LogP contribution in [0, 0.1) is 0 Å². The van der Waals surface area contributed by atoms with E-state index in [0.29, 0.717) is 6.42 Å². The molecule has 70 valence electrons. The summed E-state index contributed by atoms with van der Waals surface area (Å²) in [4.78, 5) is 10.5. The summed E-state index contributed by atoms with van der Waals surface area (Å²) in [5.41, 5.74) is 6.17. The summed E-state index contributed by atoms with van der Waals surface area (Å²) in [5, 5.41) is 0.733. The van der Waals surface area contributed by atoms with Crippen LogP contribution in [0.25, 0.3) is 0 Å². The Kier molecular flexibility index (Phi) is 3.77. The minimum atomic E-state index is -0.248. The zero-order valence-corrected chi connectivity index (χ0v) is 8.05. The summed E-state index contributed by atoms with van der Waals surface area (Å²) < 4.78 is 0. The number of hydrogen-bond donors (Lipinski definition) is 1. The molecule has 1 aromatic rings. The van der Waals surface area contributed by atoms with Crippen molar-refractivity contribution in [1.82, 2.24) is 0 Å². The van der Waals surface area contributed by atoms with Gasteiger partial charge in [0.1, 0.15) is 0 Å². The van der Waals surface area contributed by atoms with E-state index in [-0.39, 0.29) is 5.91 Å². The fourth-order valence-corrected chi connectivity index (χ4v) is 1.37. The monoisotopic (exact) mass is 197 g/mol. The molecule has 2 N–H and O–H groups in total. The topological polar surface area (TPSA) is 43.1 Å². The number of primary amides is 1. The zero-order valence-electron chi connectivity index (χ0n) is 7.29. The first-order valence-electron chi connectivity index (χ1n) is 4.21. The van der Waals surface area contributed by atoms with Crippen molar-refractivity contribution in [1.29, 1.82) is 0 Å². The van der Waals surface area contributed by atoms with E-state index in [9.17, 15) is 4.79 Å². The van der Waals surface area contributed by atoms with E-state index >= 15 is 0 Å². The lowest BCUT2D eigenvalue weighted by atomic mass is 10.1. The first kappa shape index (κ1) is 10.1. The molecule has 0 unspecified atom stereocenters. The number of hydrogen-bond acceptors (Lipinski definition) is 1. The third-order valence-corrected chi connectivity index (χ3v) is 2.01. The molecule has 0 aliphatic heterocycles. The van der Waals surface area contributed by atoms with Crippen LogP contribution in [0.3, 0.4) is 0 Å². The molecule has 1 amide bonds. The van der Waals surface area contributed by atoms with E-state index in [1.54, 1.807) is 0 Å². The first-order valence-corrected chi connectivity index (χ1v) is 4.59. The molecular weight excluding hydrogens is 186 g/mol. The molecule has 0 aromatic heterocycles. The Morgan fingerprint density at radius 1 is 1.46 bits per heavy atom. The Balaban J connectivity index is 2.41. The highest BCUT2D eigenvalue weighted by atomic mass is 35.5. The minimum absolute atomic E-state index is 0.248. The Hall–Kier alpha value is -1.02. The third kappa shape index (κ3) is 3.95. The second kappa shape index (κ2) is 4.87. The summed E-state index contributed by atoms with van der Waals surface area (Å²) in [5.74, 6) is -0.248. The molecule has 0 aliphatic carbocycles. The molecule has 3 heteroatoms. The molecule has 0 saturated carbocycles. The highest BCUT2D eigenvalue weighted by Crippen LogP contribution is 2.12. The second-order valence-electron chi connectivity index (χ2n) is 2.95. The molecule has 0 fully saturated rings. The van der Waals surface area contributed by atoms with Gasteiger partial charge < -0.3 is 5.73 Å². The van der Waals surface area contributed by atoms with Crippen molar-refractivity contribution in [3.05, 3.63) is 34.9 Å². The minimum Gasteiger partial charge on any atom is -0.370 e. The highest BCUT2D eigenvalue weighted by molar-refractivity contribution is 6.30. The highest BCUT2D eigenvalue weighted by Gasteiger charge is 1.97. The van der Waals surface area contributed by atoms with Crippen molar-refractivity contribution in [2.75, 3.05) is 0 Å². The van der Waals surface area contributed by atoms with E-state index < -0.39 is 0 Å². The van der Waals surface area contributed by atoms with Gasteiger partial charge in [0.2, 0.25) is 5.91 Å². The van der Waals surface area contributed by atoms with Gasteiger partial charge in [-0.2, -0.15) is 0 Å². The molecule has 0 bridgehead atoms. The standard InChI is InChI=1S/C10H12ClNO/c11-9-5-1-3-8(7-9)4-2-6-10(12)13/h1,3,5,7H,2,4,6H2,(H2,12,13). The molecule has 0 saturated heterocycles. The predicted octanol–water partition coefficient (Wildman–Crippen LogP) is 2.15. The Morgan fingerprint density at radius 3 is 2.85 bits per heavy atom. The van der Waals surface area contributed by atoms with Gasteiger partial charge in [-0.1, -0.05) is 23.7 Å². The largest absolute Gasteiger partial charge is 0.370 e. The van der Waals surface area contributed by atoms with Crippen molar-refractivity contribution in [3.63, 3.8) is 0 Å². The van der Waals surface area contributed by atoms with Crippen LogP contribution in [-0.4, -0.2) is 5.91 Å². The van der Waals surface area contributed by atoms with Gasteiger partial charge >= 0.3 is 0 Å². The number of benzene rings is 1. The van der Waals surface area contributed by atoms with Gasteiger partial charge in [-0.3, -0.25) is 4.79 Å². The van der Waals surface area contributed by atoms with Crippen LogP contribution in [0.4, 0.5) is 0 Å². The van der Waals surface area contributed by atoms with E-state index in [1.807, 2.05) is 24.3 Å². The fraction of sp³-hybridized carbons (Fsp3) is 0.300. The first-order chi connectivity index (χ1) is 6.18. The SMILES string of the molecule is NC(=O)CCCc1cccc(Cl)c1. The van der Waals surface area contributed by atoms with Crippen LogP contribution in [0.5, 0.6) is 0 Å². The van der Waals surface area contributed by atoms with Crippen LogP contribution >= 0.6 is 11.6 Å². The number of nitrogens with two attached hydrogens (primary N) is 1. The van der Waals surface area contributed by atoms with Gasteiger partial charge in [0.05, 0.1) is 0 Å². The molecule has 2 nitrogen and oxygen atoms in total. The van der Waals surface area contributed by atoms with Gasteiger partial charge in [-0.25, -0.2) is 0 Å². The molecule has 0 spiro atoms. The third-order valence-electron chi connectivity index (χ3n) is 1.78. The maximum Gasteiger partial charge on any atom is 0.217 e. The van der Waals surface area contributed by atoms with Crippen LogP contribution in [0.1, 0.15) is 18.4 Å². The van der Waals surface area contributed by atoms with Crippen molar-refractivity contribution >= 4 is 17.5 Å². The van der Waals surface area contributed by atoms with Gasteiger partial charge in [-0.05, 0) is 30.5 Å². The quantitative estimate of drug-likeness (QED) is 0.790. The lowest BCUT2D eigenvalue weighted by Crippen LogP contribution is -2.10. The average Bonchev–Trinajstić information content (AvgIpc) is 2.03. The molecule has 0 atom stereocenters. The molecule has 0 radical (unpaired) electrons. The number of carbonyl (C=O) groups is 1. The van der Waals surface area contributed by atoms with Crippen LogP contribution in [0.2, 0.25) is 5.02 Å². The van der Waals surface area contributed by atoms with Crippen molar-refractivity contribution in [2.24, 2.45) is 5.73 Å². The summed E-state index contributed by atoms with van der Waals surface area (Å²) in [6, 6.07) is 7.64. The van der Waals surface area contributed by atoms with Crippen molar-refractivity contribution in [2.45, 2.75) is 19.3 Å². The summed E-state index contributed by atoms with van der Waals surface area (Å²) >= 11 is 5.79. The number of aryl methyl sites for hydroxylation is 1. The summed E-state index contributed by atoms with van der Waals surface area (Å²) in [6.45, 7) is 0. The number of amides is 1. The van der Waals surface area contributed by atoms with Crippen LogP contribution < -0.4 is 5.73 Å². The summed E-state index contributed by atoms with van der Waals surface area (Å²) in [7, 11) is 0. The van der Waals surface area contributed by atoms with Crippen molar-refractivity contribution in [3.8, 4) is 0 Å². The van der Waals surface area contributed by atoms with Crippen LogP contribution in [-0.2, 0) is 11.2 Å². The normalized spacial score (nSPS) is 9.92. The van der Waals surface area contributed by atoms with E-state index in [4.69, 9.17) is 17.3 Å². The van der Waals surface area contributed by atoms with Crippen molar-refractivity contribution < 1.29 is 4.79 Å². The Labute approximate surface area is 82.7 Å². The van der Waals surface area contributed by atoms with Gasteiger partial charge in [0.15, 0.2) is 0 Å². The number of rotatable bonds is 4. The smallest absolute Gasteiger partial charge is 0.217 e. The lowest BCUT2D eigenvalue weighted by molar-refractivity contribution is -0.118. The molecule has 1 aromatic carbocycles. The zero-order chi connectivity index (χ0) is 9.68. The maximum absolute atomic E-state index is 10.5. The van der Waals surface area contributed by atoms with Crippen LogP contribution in [0.15, 0.2) is 24.3 Å². The molecule has 13 heavy (non-hydrogen) atoms. The molecule has 0 heterocycles. The van der Waals surface area contributed by atoms with E-state index in [1.165, 1.54) is 0 Å². The van der Waals surface area contributed by atoms with Gasteiger partial charge in [0.25, 0.3) is 0 Å². The number of halogens is 1. The Bertz CT molecular complexity index is 299.